The number of rotatable bonds is 31. The number of hydrogen-bond donors (Lipinski definition) is 9. The van der Waals surface area contributed by atoms with E-state index >= 15 is 0 Å². The number of hydrogen-bond acceptors (Lipinski definition) is 18. The molecule has 0 saturated heterocycles. The van der Waals surface area contributed by atoms with Gasteiger partial charge in [-0.1, -0.05) is 60.7 Å². The van der Waals surface area contributed by atoms with Crippen molar-refractivity contribution in [2.75, 3.05) is 37.2 Å². The number of fused-ring (bicyclic) bond motifs is 1. The Kier molecular flexibility index (Phi) is 29.8. The Labute approximate surface area is 497 Å². The Hall–Kier alpha value is -4.76. The van der Waals surface area contributed by atoms with E-state index in [0.29, 0.717) is 33.3 Å². The van der Waals surface area contributed by atoms with Crippen LogP contribution in [0.5, 0.6) is 5.75 Å². The zero-order valence-electron chi connectivity index (χ0n) is 42.7. The summed E-state index contributed by atoms with van der Waals surface area (Å²) in [5, 5.41) is 18.0. The van der Waals surface area contributed by atoms with Crippen molar-refractivity contribution in [2.24, 2.45) is 5.73 Å². The van der Waals surface area contributed by atoms with Crippen LogP contribution < -0.4 is 106 Å². The number of thioether (sulfide) groups is 2. The van der Waals surface area contributed by atoms with E-state index in [9.17, 15) is 64.3 Å². The fourth-order valence-electron chi connectivity index (χ4n) is 7.26. The van der Waals surface area contributed by atoms with Gasteiger partial charge in [0.1, 0.15) is 42.0 Å². The summed E-state index contributed by atoms with van der Waals surface area (Å²) >= 11 is 2.63. The maximum absolute atomic E-state index is 14.3. The number of aromatic nitrogens is 1. The molecule has 0 aliphatic heterocycles. The average Bonchev–Trinajstić information content (AvgIpc) is 3.76. The maximum atomic E-state index is 14.3. The minimum atomic E-state index is -5.42. The summed E-state index contributed by atoms with van der Waals surface area (Å²) in [6, 6.07) is 11.8. The summed E-state index contributed by atoms with van der Waals surface area (Å²) in [5.74, 6) is -6.86. The van der Waals surface area contributed by atoms with Gasteiger partial charge in [-0.2, -0.15) is 23.5 Å². The number of primary amides is 1. The molecular formula is C46H57N9Na2O16S4. The molecule has 3 aromatic carbocycles. The molecule has 0 aliphatic carbocycles. The van der Waals surface area contributed by atoms with Gasteiger partial charge in [-0.3, -0.25) is 42.5 Å². The molecule has 0 spiro atoms. The number of nitrogens with one attached hydrogen (secondary N) is 8. The van der Waals surface area contributed by atoms with Gasteiger partial charge in [-0.15, -0.1) is 0 Å². The molecule has 0 bridgehead atoms. The zero-order chi connectivity index (χ0) is 55.3. The number of para-hydroxylation sites is 1. The molecule has 4 aromatic rings. The van der Waals surface area contributed by atoms with Gasteiger partial charge < -0.3 is 61.2 Å². The van der Waals surface area contributed by atoms with Crippen molar-refractivity contribution < 1.29 is 132 Å². The number of benzene rings is 3. The molecule has 31 heteroatoms. The molecule has 6 atom stereocenters. The van der Waals surface area contributed by atoms with Crippen LogP contribution in [0.15, 0.2) is 85.1 Å². The predicted octanol–water partition coefficient (Wildman–Crippen LogP) is -7.44. The van der Waals surface area contributed by atoms with Crippen molar-refractivity contribution in [2.45, 2.75) is 75.3 Å². The standard InChI is InChI=1S/C46H59N9O16S4.2Na/c1-27(56)50-37(22-29-13-15-31(16-14-29)71-75(67,68)69)44(61)52-34(17-19-72-2)42(59)49-25-40(57)51-38(23-30-24-48-33-12-8-7-11-32(30)33)45(62)53-35(18-20-73-3)43(60)55-39(26-70-74(64,65)66)46(63)54-36(41(47)58)21-28-9-5-4-6-10-28;;/h4-16,24,34-39,48H,17-23,25-26H2,1-3H3,(H2,47,58)(H,49,59)(H,50,56)(H,51,57)(H,52,61)(H,53,62)(H,54,63)(H,55,60)(H,64,65,66)(H,67,68,69);;/q;2*+1/p-2/t34-,35-,36-,37-,38-,39-;;/m0../s1. The van der Waals surface area contributed by atoms with E-state index in [-0.39, 0.29) is 103 Å². The topological polar surface area (TPSA) is 395 Å². The Morgan fingerprint density at radius 3 is 1.65 bits per heavy atom. The maximum Gasteiger partial charge on any atom is 1.00 e. The largest absolute Gasteiger partial charge is 1.00 e. The van der Waals surface area contributed by atoms with E-state index in [2.05, 4.69) is 50.6 Å². The van der Waals surface area contributed by atoms with Gasteiger partial charge in [-0.05, 0) is 71.7 Å². The second-order valence-electron chi connectivity index (χ2n) is 16.6. The molecule has 0 fully saturated rings. The average molecular weight is 1170 g/mol. The van der Waals surface area contributed by atoms with Crippen LogP contribution in [0.3, 0.4) is 0 Å². The molecule has 0 aliphatic rings. The number of amides is 8. The summed E-state index contributed by atoms with van der Waals surface area (Å²) in [4.78, 5) is 110. The second-order valence-corrected chi connectivity index (χ2v) is 20.6. The molecule has 0 radical (unpaired) electrons. The number of nitrogens with two attached hydrogens (primary N) is 1. The van der Waals surface area contributed by atoms with Gasteiger partial charge >= 0.3 is 59.1 Å². The first-order valence-electron chi connectivity index (χ1n) is 22.7. The zero-order valence-corrected chi connectivity index (χ0v) is 49.9. The van der Waals surface area contributed by atoms with Crippen LogP contribution in [-0.2, 0) is 82.6 Å². The van der Waals surface area contributed by atoms with E-state index < -0.39 is 117 Å². The number of aromatic amines is 1. The van der Waals surface area contributed by atoms with Crippen LogP contribution in [0.2, 0.25) is 0 Å². The Morgan fingerprint density at radius 2 is 1.09 bits per heavy atom. The molecule has 10 N–H and O–H groups in total. The Morgan fingerprint density at radius 1 is 0.597 bits per heavy atom. The third-order valence-electron chi connectivity index (χ3n) is 10.9. The minimum absolute atomic E-state index is 0. The van der Waals surface area contributed by atoms with Crippen molar-refractivity contribution in [3.63, 3.8) is 0 Å². The molecule has 8 amide bonds. The molecule has 1 heterocycles. The van der Waals surface area contributed by atoms with Crippen LogP contribution in [-0.4, -0.2) is 152 Å². The Bertz CT molecular complexity index is 2870. The predicted molar refractivity (Wildman–Crippen MR) is 274 cm³/mol. The quantitative estimate of drug-likeness (QED) is 0.0128. The van der Waals surface area contributed by atoms with E-state index in [1.165, 1.54) is 47.8 Å². The molecule has 77 heavy (non-hydrogen) atoms. The first kappa shape index (κ1) is 68.3. The SMILES string of the molecule is CSCC[C@H](NC(=O)[C@H](Cc1ccc(OS(=O)(=O)[O-])cc1)NC(C)=O)C(=O)NCC(=O)N[C@@H](Cc1c[nH]c2ccccc12)C(=O)N[C@@H](CCSC)C(=O)N[C@@H](COS(=O)(=O)[O-])C(=O)N[C@@H](Cc1ccccc1)C(N)=O.[Na+].[Na+]. The molecular weight excluding hydrogens is 1110 g/mol. The summed E-state index contributed by atoms with van der Waals surface area (Å²) in [6.07, 6.45) is 4.64. The molecule has 1 aromatic heterocycles. The third kappa shape index (κ3) is 24.8. The molecule has 0 saturated carbocycles. The van der Waals surface area contributed by atoms with Crippen LogP contribution in [0, 0.1) is 0 Å². The van der Waals surface area contributed by atoms with Gasteiger partial charge in [0.15, 0.2) is 0 Å². The third-order valence-corrected chi connectivity index (χ3v) is 13.0. The van der Waals surface area contributed by atoms with Crippen LogP contribution in [0.1, 0.15) is 36.5 Å². The van der Waals surface area contributed by atoms with Crippen molar-refractivity contribution in [3.8, 4) is 5.75 Å². The fraction of sp³-hybridized carbons (Fsp3) is 0.391. The first-order valence-corrected chi connectivity index (χ1v) is 28.2. The molecule has 25 nitrogen and oxygen atoms in total. The van der Waals surface area contributed by atoms with E-state index in [4.69, 9.17) is 5.73 Å². The monoisotopic (exact) mass is 1170 g/mol. The first-order chi connectivity index (χ1) is 35.4. The van der Waals surface area contributed by atoms with Crippen molar-refractivity contribution >= 4 is 102 Å². The minimum Gasteiger partial charge on any atom is -0.726 e. The molecule has 4 rings (SSSR count). The second kappa shape index (κ2) is 33.6. The fourth-order valence-corrected chi connectivity index (χ4v) is 8.85. The van der Waals surface area contributed by atoms with Crippen molar-refractivity contribution in [1.82, 2.24) is 42.2 Å². The summed E-state index contributed by atoms with van der Waals surface area (Å²) in [6.45, 7) is -0.771. The van der Waals surface area contributed by atoms with Gasteiger partial charge in [0, 0.05) is 43.3 Å². The molecule has 0 unspecified atom stereocenters. The van der Waals surface area contributed by atoms with Crippen LogP contribution in [0.4, 0.5) is 0 Å². The Balaban J connectivity index is 0.0000101. The van der Waals surface area contributed by atoms with Gasteiger partial charge in [0.05, 0.1) is 13.2 Å². The number of carbonyl (C=O) groups is 8. The van der Waals surface area contributed by atoms with E-state index in [0.717, 1.165) is 6.92 Å². The normalized spacial score (nSPS) is 13.5. The van der Waals surface area contributed by atoms with Gasteiger partial charge in [0.2, 0.25) is 57.7 Å². The number of H-pyrrole nitrogens is 1. The van der Waals surface area contributed by atoms with Gasteiger partial charge in [-0.25, -0.2) is 16.8 Å². The number of carbonyl (C=O) groups excluding carboxylic acids is 8. The van der Waals surface area contributed by atoms with E-state index in [1.807, 2.05) is 0 Å². The summed E-state index contributed by atoms with van der Waals surface area (Å²) in [7, 11) is -10.5. The van der Waals surface area contributed by atoms with Crippen LogP contribution in [0.25, 0.3) is 10.9 Å². The van der Waals surface area contributed by atoms with Crippen molar-refractivity contribution in [3.05, 3.63) is 102 Å². The van der Waals surface area contributed by atoms with E-state index in [1.54, 1.807) is 73.3 Å². The van der Waals surface area contributed by atoms with Gasteiger partial charge in [0.25, 0.3) is 10.4 Å². The smallest absolute Gasteiger partial charge is 0.726 e. The van der Waals surface area contributed by atoms with Crippen molar-refractivity contribution in [1.29, 1.82) is 0 Å². The summed E-state index contributed by atoms with van der Waals surface area (Å²) < 4.78 is 76.1. The molecule has 408 valence electrons. The summed E-state index contributed by atoms with van der Waals surface area (Å²) in [5.41, 5.74) is 7.79. The van der Waals surface area contributed by atoms with Crippen LogP contribution >= 0.6 is 23.5 Å².